The van der Waals surface area contributed by atoms with Gasteiger partial charge in [-0.25, -0.2) is 4.98 Å². The predicted molar refractivity (Wildman–Crippen MR) is 94.9 cm³/mol. The average Bonchev–Trinajstić information content (AvgIpc) is 2.59. The van der Waals surface area contributed by atoms with Crippen molar-refractivity contribution in [2.45, 2.75) is 6.92 Å². The number of anilines is 1. The van der Waals surface area contributed by atoms with Gasteiger partial charge in [0.25, 0.3) is 5.91 Å². The third kappa shape index (κ3) is 3.91. The van der Waals surface area contributed by atoms with Crippen LogP contribution in [0.15, 0.2) is 66.9 Å². The van der Waals surface area contributed by atoms with Crippen LogP contribution in [-0.4, -0.2) is 10.9 Å². The highest BCUT2D eigenvalue weighted by molar-refractivity contribution is 6.33. The zero-order valence-corrected chi connectivity index (χ0v) is 13.7. The predicted octanol–water partition coefficient (Wildman–Crippen LogP) is 5.09. The molecule has 0 radical (unpaired) electrons. The number of aryl methyl sites for hydroxylation is 1. The van der Waals surface area contributed by atoms with Gasteiger partial charge in [0.2, 0.25) is 0 Å². The highest BCUT2D eigenvalue weighted by atomic mass is 35.5. The number of carbonyl (C=O) groups is 1. The van der Waals surface area contributed by atoms with Gasteiger partial charge in [0.15, 0.2) is 0 Å². The molecule has 5 heteroatoms. The number of hydrogen-bond donors (Lipinski definition) is 1. The number of ether oxygens (including phenoxy) is 1. The molecule has 1 N–H and O–H groups in total. The SMILES string of the molecule is Cc1ccc(Oc2ccc(NC(=O)c3cccnc3Cl)cc2)cc1. The lowest BCUT2D eigenvalue weighted by atomic mass is 10.2. The van der Waals surface area contributed by atoms with Crippen LogP contribution in [0.5, 0.6) is 11.5 Å². The van der Waals surface area contributed by atoms with E-state index in [1.165, 1.54) is 11.8 Å². The van der Waals surface area contributed by atoms with Crippen molar-refractivity contribution in [2.75, 3.05) is 5.32 Å². The number of carbonyl (C=O) groups excluding carboxylic acids is 1. The second kappa shape index (κ2) is 7.15. The summed E-state index contributed by atoms with van der Waals surface area (Å²) in [5, 5.41) is 2.95. The summed E-state index contributed by atoms with van der Waals surface area (Å²) >= 11 is 5.92. The van der Waals surface area contributed by atoms with Gasteiger partial charge >= 0.3 is 0 Å². The Labute approximate surface area is 145 Å². The molecular weight excluding hydrogens is 324 g/mol. The first-order valence-electron chi connectivity index (χ1n) is 7.38. The molecule has 120 valence electrons. The fraction of sp³-hybridized carbons (Fsp3) is 0.0526. The van der Waals surface area contributed by atoms with Crippen LogP contribution >= 0.6 is 11.6 Å². The zero-order chi connectivity index (χ0) is 16.9. The number of pyridine rings is 1. The molecule has 3 rings (SSSR count). The fourth-order valence-corrected chi connectivity index (χ4v) is 2.31. The van der Waals surface area contributed by atoms with Crippen LogP contribution in [0.3, 0.4) is 0 Å². The summed E-state index contributed by atoms with van der Waals surface area (Å²) in [4.78, 5) is 16.1. The second-order valence-electron chi connectivity index (χ2n) is 5.24. The molecule has 0 saturated heterocycles. The Balaban J connectivity index is 1.67. The van der Waals surface area contributed by atoms with E-state index in [1.807, 2.05) is 31.2 Å². The Morgan fingerprint density at radius 3 is 2.25 bits per heavy atom. The van der Waals surface area contributed by atoms with Gasteiger partial charge in [0.1, 0.15) is 16.7 Å². The summed E-state index contributed by atoms with van der Waals surface area (Å²) in [5.74, 6) is 1.15. The molecular formula is C19H15ClN2O2. The molecule has 0 unspecified atom stereocenters. The lowest BCUT2D eigenvalue weighted by molar-refractivity contribution is 0.102. The van der Waals surface area contributed by atoms with E-state index in [9.17, 15) is 4.79 Å². The zero-order valence-electron chi connectivity index (χ0n) is 13.0. The van der Waals surface area contributed by atoms with Gasteiger partial charge in [-0.2, -0.15) is 0 Å². The minimum Gasteiger partial charge on any atom is -0.457 e. The number of halogens is 1. The van der Waals surface area contributed by atoms with Crippen molar-refractivity contribution in [2.24, 2.45) is 0 Å². The minimum atomic E-state index is -0.305. The number of aromatic nitrogens is 1. The van der Waals surface area contributed by atoms with E-state index in [-0.39, 0.29) is 11.1 Å². The quantitative estimate of drug-likeness (QED) is 0.674. The first-order valence-corrected chi connectivity index (χ1v) is 7.76. The summed E-state index contributed by atoms with van der Waals surface area (Å²) < 4.78 is 5.75. The van der Waals surface area contributed by atoms with Crippen LogP contribution in [0.4, 0.5) is 5.69 Å². The van der Waals surface area contributed by atoms with Crippen molar-refractivity contribution in [3.05, 3.63) is 83.1 Å². The second-order valence-corrected chi connectivity index (χ2v) is 5.59. The molecule has 1 aromatic heterocycles. The number of nitrogens with one attached hydrogen (secondary N) is 1. The van der Waals surface area contributed by atoms with Crippen LogP contribution < -0.4 is 10.1 Å². The van der Waals surface area contributed by atoms with Crippen LogP contribution in [0, 0.1) is 6.92 Å². The maximum Gasteiger partial charge on any atom is 0.258 e. The van der Waals surface area contributed by atoms with Crippen molar-refractivity contribution in [1.82, 2.24) is 4.98 Å². The lowest BCUT2D eigenvalue weighted by Crippen LogP contribution is -2.12. The van der Waals surface area contributed by atoms with Gasteiger partial charge in [-0.15, -0.1) is 0 Å². The van der Waals surface area contributed by atoms with E-state index < -0.39 is 0 Å². The maximum atomic E-state index is 12.2. The Morgan fingerprint density at radius 2 is 1.62 bits per heavy atom. The molecule has 0 saturated carbocycles. The van der Waals surface area contributed by atoms with E-state index in [2.05, 4.69) is 10.3 Å². The first-order chi connectivity index (χ1) is 11.6. The summed E-state index contributed by atoms with van der Waals surface area (Å²) in [6, 6.07) is 18.2. The molecule has 0 fully saturated rings. The van der Waals surface area contributed by atoms with Crippen molar-refractivity contribution in [3.63, 3.8) is 0 Å². The third-order valence-electron chi connectivity index (χ3n) is 3.37. The summed E-state index contributed by atoms with van der Waals surface area (Å²) in [5.41, 5.74) is 2.16. The van der Waals surface area contributed by atoms with Crippen LogP contribution in [0.2, 0.25) is 5.15 Å². The Kier molecular flexibility index (Phi) is 4.77. The molecule has 2 aromatic carbocycles. The summed E-state index contributed by atoms with van der Waals surface area (Å²) in [6.45, 7) is 2.02. The van der Waals surface area contributed by atoms with Crippen LogP contribution in [-0.2, 0) is 0 Å². The molecule has 1 heterocycles. The van der Waals surface area contributed by atoms with Crippen LogP contribution in [0.1, 0.15) is 15.9 Å². The molecule has 1 amide bonds. The van der Waals surface area contributed by atoms with Gasteiger partial charge in [-0.1, -0.05) is 29.3 Å². The molecule has 0 aliphatic rings. The molecule has 0 bridgehead atoms. The minimum absolute atomic E-state index is 0.175. The largest absolute Gasteiger partial charge is 0.457 e. The standard InChI is InChI=1S/C19H15ClN2O2/c1-13-4-8-15(9-5-13)24-16-10-6-14(7-11-16)22-19(23)17-3-2-12-21-18(17)20/h2-12H,1H3,(H,22,23). The van der Waals surface area contributed by atoms with Crippen molar-refractivity contribution in [1.29, 1.82) is 0 Å². The highest BCUT2D eigenvalue weighted by Crippen LogP contribution is 2.23. The van der Waals surface area contributed by atoms with E-state index in [4.69, 9.17) is 16.3 Å². The summed E-state index contributed by atoms with van der Waals surface area (Å²) in [7, 11) is 0. The van der Waals surface area contributed by atoms with Crippen molar-refractivity contribution >= 4 is 23.2 Å². The third-order valence-corrected chi connectivity index (χ3v) is 3.67. The molecule has 4 nitrogen and oxygen atoms in total. The molecule has 0 aliphatic carbocycles. The molecule has 0 aliphatic heterocycles. The van der Waals surface area contributed by atoms with Gasteiger partial charge in [-0.3, -0.25) is 4.79 Å². The Hall–Kier alpha value is -2.85. The average molecular weight is 339 g/mol. The lowest BCUT2D eigenvalue weighted by Gasteiger charge is -2.09. The number of rotatable bonds is 4. The van der Waals surface area contributed by atoms with E-state index in [1.54, 1.807) is 36.4 Å². The van der Waals surface area contributed by atoms with E-state index >= 15 is 0 Å². The Morgan fingerprint density at radius 1 is 1.00 bits per heavy atom. The maximum absolute atomic E-state index is 12.2. The number of hydrogen-bond acceptors (Lipinski definition) is 3. The Bertz CT molecular complexity index is 846. The fourth-order valence-electron chi connectivity index (χ4n) is 2.10. The van der Waals surface area contributed by atoms with Gasteiger partial charge < -0.3 is 10.1 Å². The van der Waals surface area contributed by atoms with Gasteiger partial charge in [-0.05, 0) is 55.5 Å². The highest BCUT2D eigenvalue weighted by Gasteiger charge is 2.10. The molecule has 24 heavy (non-hydrogen) atoms. The van der Waals surface area contributed by atoms with Crippen molar-refractivity contribution < 1.29 is 9.53 Å². The monoisotopic (exact) mass is 338 g/mol. The molecule has 0 atom stereocenters. The normalized spacial score (nSPS) is 10.2. The van der Waals surface area contributed by atoms with Crippen LogP contribution in [0.25, 0.3) is 0 Å². The van der Waals surface area contributed by atoms with Gasteiger partial charge in [0.05, 0.1) is 5.56 Å². The number of benzene rings is 2. The molecule has 3 aromatic rings. The van der Waals surface area contributed by atoms with E-state index in [0.717, 1.165) is 5.75 Å². The number of nitrogens with zero attached hydrogens (tertiary/aromatic N) is 1. The summed E-state index contributed by atoms with van der Waals surface area (Å²) in [6.07, 6.45) is 1.54. The smallest absolute Gasteiger partial charge is 0.258 e. The van der Waals surface area contributed by atoms with E-state index in [0.29, 0.717) is 17.0 Å². The number of amides is 1. The van der Waals surface area contributed by atoms with Gasteiger partial charge in [0, 0.05) is 11.9 Å². The topological polar surface area (TPSA) is 51.2 Å². The van der Waals surface area contributed by atoms with Crippen molar-refractivity contribution in [3.8, 4) is 11.5 Å². The molecule has 0 spiro atoms. The first kappa shape index (κ1) is 16.0.